The Kier molecular flexibility index (Phi) is 6.13. The molecule has 7 heteroatoms. The molecule has 0 bridgehead atoms. The molecule has 0 spiro atoms. The summed E-state index contributed by atoms with van der Waals surface area (Å²) < 4.78 is 12.7. The van der Waals surface area contributed by atoms with E-state index in [0.29, 0.717) is 35.5 Å². The Morgan fingerprint density at radius 1 is 1.15 bits per heavy atom. The molecule has 1 amide bonds. The molecule has 0 saturated carbocycles. The molecule has 1 heterocycles. The molecule has 27 heavy (non-hydrogen) atoms. The second-order valence-corrected chi connectivity index (χ2v) is 7.21. The quantitative estimate of drug-likeness (QED) is 0.534. The van der Waals surface area contributed by atoms with Crippen LogP contribution >= 0.6 is 28.1 Å². The number of rotatable bonds is 6. The summed E-state index contributed by atoms with van der Waals surface area (Å²) in [7, 11) is 1.64. The maximum Gasteiger partial charge on any atom is 0.276 e. The molecule has 140 valence electrons. The number of likely N-dealkylation sites (N-methyl/N-ethyl adjacent to an activating group) is 1. The van der Waals surface area contributed by atoms with Crippen molar-refractivity contribution in [3.8, 4) is 11.5 Å². The number of benzene rings is 2. The average Bonchev–Trinajstić information content (AvgIpc) is 2.89. The monoisotopic (exact) mass is 446 g/mol. The van der Waals surface area contributed by atoms with E-state index in [0.717, 1.165) is 15.6 Å². The first-order chi connectivity index (χ1) is 13.0. The first-order valence-electron chi connectivity index (χ1n) is 8.42. The second kappa shape index (κ2) is 8.54. The highest BCUT2D eigenvalue weighted by Crippen LogP contribution is 2.30. The molecule has 3 rings (SSSR count). The van der Waals surface area contributed by atoms with Gasteiger partial charge in [-0.15, -0.1) is 0 Å². The molecule has 0 radical (unpaired) electrons. The maximum absolute atomic E-state index is 12.1. The van der Waals surface area contributed by atoms with Gasteiger partial charge in [-0.2, -0.15) is 0 Å². The molecule has 1 aliphatic rings. The predicted octanol–water partition coefficient (Wildman–Crippen LogP) is 4.11. The van der Waals surface area contributed by atoms with Gasteiger partial charge in [-0.05, 0) is 60.6 Å². The van der Waals surface area contributed by atoms with Gasteiger partial charge in [-0.1, -0.05) is 34.1 Å². The number of nitrogens with zero attached hydrogens (tertiary/aromatic N) is 1. The summed E-state index contributed by atoms with van der Waals surface area (Å²) in [6.07, 6.45) is 1.75. The van der Waals surface area contributed by atoms with Gasteiger partial charge in [0.15, 0.2) is 16.6 Å². The fraction of sp³-hybridized carbons (Fsp3) is 0.200. The third-order valence-corrected chi connectivity index (χ3v) is 4.87. The van der Waals surface area contributed by atoms with E-state index in [1.807, 2.05) is 49.4 Å². The Bertz CT molecular complexity index is 897. The van der Waals surface area contributed by atoms with Crippen molar-refractivity contribution < 1.29 is 14.3 Å². The fourth-order valence-corrected chi connectivity index (χ4v) is 2.99. The van der Waals surface area contributed by atoms with Gasteiger partial charge in [0, 0.05) is 11.5 Å². The molecule has 2 aromatic rings. The largest absolute Gasteiger partial charge is 0.490 e. The highest BCUT2D eigenvalue weighted by atomic mass is 79.9. The van der Waals surface area contributed by atoms with Gasteiger partial charge in [-0.25, -0.2) is 0 Å². The van der Waals surface area contributed by atoms with Crippen LogP contribution in [0.3, 0.4) is 0 Å². The minimum atomic E-state index is -0.159. The number of hydrogen-bond acceptors (Lipinski definition) is 4. The van der Waals surface area contributed by atoms with Gasteiger partial charge in [0.25, 0.3) is 5.91 Å². The first-order valence-corrected chi connectivity index (χ1v) is 9.63. The van der Waals surface area contributed by atoms with Crippen LogP contribution in [-0.2, 0) is 11.4 Å². The zero-order valence-electron chi connectivity index (χ0n) is 15.0. The summed E-state index contributed by atoms with van der Waals surface area (Å²) in [5.74, 6) is 1.12. The molecule has 1 saturated heterocycles. The van der Waals surface area contributed by atoms with Gasteiger partial charge in [-0.3, -0.25) is 9.69 Å². The van der Waals surface area contributed by atoms with Crippen LogP contribution in [0, 0.1) is 0 Å². The number of thiocarbonyl (C=S) groups is 1. The van der Waals surface area contributed by atoms with Gasteiger partial charge >= 0.3 is 0 Å². The van der Waals surface area contributed by atoms with Crippen molar-refractivity contribution in [3.05, 3.63) is 63.8 Å². The van der Waals surface area contributed by atoms with E-state index in [4.69, 9.17) is 21.7 Å². The number of amides is 1. The lowest BCUT2D eigenvalue weighted by molar-refractivity contribution is -0.121. The van der Waals surface area contributed by atoms with E-state index in [2.05, 4.69) is 21.2 Å². The maximum atomic E-state index is 12.1. The van der Waals surface area contributed by atoms with Crippen LogP contribution in [0.25, 0.3) is 6.08 Å². The van der Waals surface area contributed by atoms with Crippen molar-refractivity contribution in [2.45, 2.75) is 13.5 Å². The number of halogens is 1. The van der Waals surface area contributed by atoms with E-state index >= 15 is 0 Å². The molecule has 1 N–H and O–H groups in total. The summed E-state index contributed by atoms with van der Waals surface area (Å²) in [5, 5.41) is 3.31. The standard InChI is InChI=1S/C20H19BrN2O3S/c1-3-25-18-11-14(10-16-19(24)23(2)20(27)22-16)6-9-17(18)26-12-13-4-7-15(21)8-5-13/h4-11H,3,12H2,1-2H3,(H,22,27)/b16-10-. The van der Waals surface area contributed by atoms with E-state index < -0.39 is 0 Å². The molecule has 0 aliphatic carbocycles. The predicted molar refractivity (Wildman–Crippen MR) is 113 cm³/mol. The minimum Gasteiger partial charge on any atom is -0.490 e. The summed E-state index contributed by atoms with van der Waals surface area (Å²) in [5.41, 5.74) is 2.32. The van der Waals surface area contributed by atoms with Crippen LogP contribution in [0.4, 0.5) is 0 Å². The van der Waals surface area contributed by atoms with Crippen molar-refractivity contribution in [1.29, 1.82) is 0 Å². The van der Waals surface area contributed by atoms with Crippen LogP contribution in [-0.4, -0.2) is 29.6 Å². The molecule has 0 aromatic heterocycles. The fourth-order valence-electron chi connectivity index (χ4n) is 2.53. The van der Waals surface area contributed by atoms with Crippen molar-refractivity contribution in [3.63, 3.8) is 0 Å². The Labute approximate surface area is 172 Å². The summed E-state index contributed by atoms with van der Waals surface area (Å²) in [6.45, 7) is 2.87. The van der Waals surface area contributed by atoms with E-state index in [-0.39, 0.29) is 5.91 Å². The topological polar surface area (TPSA) is 50.8 Å². The van der Waals surface area contributed by atoms with Crippen LogP contribution in [0.15, 0.2) is 52.6 Å². The first kappa shape index (κ1) is 19.4. The Balaban J connectivity index is 1.79. The van der Waals surface area contributed by atoms with Gasteiger partial charge < -0.3 is 14.8 Å². The van der Waals surface area contributed by atoms with Gasteiger partial charge in [0.05, 0.1) is 6.61 Å². The summed E-state index contributed by atoms with van der Waals surface area (Å²) in [6, 6.07) is 13.5. The Hall–Kier alpha value is -2.38. The summed E-state index contributed by atoms with van der Waals surface area (Å²) in [4.78, 5) is 13.5. The lowest BCUT2D eigenvalue weighted by Crippen LogP contribution is -2.25. The van der Waals surface area contributed by atoms with Crippen LogP contribution in [0.5, 0.6) is 11.5 Å². The van der Waals surface area contributed by atoms with Crippen molar-refractivity contribution in [2.75, 3.05) is 13.7 Å². The van der Waals surface area contributed by atoms with Crippen molar-refractivity contribution >= 4 is 45.2 Å². The van der Waals surface area contributed by atoms with Crippen LogP contribution < -0.4 is 14.8 Å². The third-order valence-electron chi connectivity index (χ3n) is 3.97. The van der Waals surface area contributed by atoms with Crippen molar-refractivity contribution in [1.82, 2.24) is 10.2 Å². The van der Waals surface area contributed by atoms with Gasteiger partial charge in [0.1, 0.15) is 12.3 Å². The third kappa shape index (κ3) is 4.67. The highest BCUT2D eigenvalue weighted by molar-refractivity contribution is 9.10. The highest BCUT2D eigenvalue weighted by Gasteiger charge is 2.27. The molecule has 1 aliphatic heterocycles. The molecular weight excluding hydrogens is 428 g/mol. The number of carbonyl (C=O) groups excluding carboxylic acids is 1. The molecule has 1 fully saturated rings. The minimum absolute atomic E-state index is 0.159. The lowest BCUT2D eigenvalue weighted by Gasteiger charge is -2.13. The van der Waals surface area contributed by atoms with Crippen LogP contribution in [0.2, 0.25) is 0 Å². The van der Waals surface area contributed by atoms with E-state index in [1.165, 1.54) is 4.90 Å². The molecular formula is C20H19BrN2O3S. The van der Waals surface area contributed by atoms with Gasteiger partial charge in [0.2, 0.25) is 0 Å². The molecule has 2 aromatic carbocycles. The number of nitrogens with one attached hydrogen (secondary N) is 1. The van der Waals surface area contributed by atoms with Crippen molar-refractivity contribution in [2.24, 2.45) is 0 Å². The molecule has 5 nitrogen and oxygen atoms in total. The number of ether oxygens (including phenoxy) is 2. The van der Waals surface area contributed by atoms with Crippen LogP contribution in [0.1, 0.15) is 18.1 Å². The average molecular weight is 447 g/mol. The molecule has 0 unspecified atom stereocenters. The number of carbonyl (C=O) groups is 1. The normalized spacial score (nSPS) is 15.2. The number of hydrogen-bond donors (Lipinski definition) is 1. The molecule has 0 atom stereocenters. The Morgan fingerprint density at radius 3 is 2.52 bits per heavy atom. The van der Waals surface area contributed by atoms with E-state index in [9.17, 15) is 4.79 Å². The second-order valence-electron chi connectivity index (χ2n) is 5.91. The zero-order chi connectivity index (χ0) is 19.4. The van der Waals surface area contributed by atoms with E-state index in [1.54, 1.807) is 13.1 Å². The lowest BCUT2D eigenvalue weighted by atomic mass is 10.1. The SMILES string of the molecule is CCOc1cc(/C=C2\NC(=S)N(C)C2=O)ccc1OCc1ccc(Br)cc1. The smallest absolute Gasteiger partial charge is 0.276 e. The Morgan fingerprint density at radius 2 is 1.89 bits per heavy atom. The zero-order valence-corrected chi connectivity index (χ0v) is 17.4. The summed E-state index contributed by atoms with van der Waals surface area (Å²) >= 11 is 8.52.